The molecule has 21 heavy (non-hydrogen) atoms. The minimum atomic E-state index is 0.521. The minimum absolute atomic E-state index is 0.521. The third-order valence-corrected chi connectivity index (χ3v) is 7.96. The third kappa shape index (κ3) is 1.99. The summed E-state index contributed by atoms with van der Waals surface area (Å²) in [6.45, 7) is 4.81. The molecular weight excluding hydrogens is 256 g/mol. The van der Waals surface area contributed by atoms with Gasteiger partial charge >= 0.3 is 0 Å². The lowest BCUT2D eigenvalue weighted by Gasteiger charge is -2.54. The van der Waals surface area contributed by atoms with Crippen molar-refractivity contribution in [1.82, 2.24) is 0 Å². The van der Waals surface area contributed by atoms with E-state index in [-0.39, 0.29) is 0 Å². The highest BCUT2D eigenvalue weighted by molar-refractivity contribution is 5.79. The number of Topliss-reactive ketones (excluding diaryl/α,β-unsaturated/α-hetero) is 1. The molecule has 0 aromatic carbocycles. The number of hydrogen-bond acceptors (Lipinski definition) is 1. The zero-order valence-corrected chi connectivity index (χ0v) is 13.7. The van der Waals surface area contributed by atoms with Crippen LogP contribution in [0.4, 0.5) is 0 Å². The van der Waals surface area contributed by atoms with Crippen molar-refractivity contribution >= 4 is 5.78 Å². The largest absolute Gasteiger partial charge is 0.300 e. The maximum absolute atomic E-state index is 11.8. The zero-order valence-electron chi connectivity index (χ0n) is 13.7. The van der Waals surface area contributed by atoms with Crippen LogP contribution in [0.15, 0.2) is 11.6 Å². The van der Waals surface area contributed by atoms with Gasteiger partial charge in [0.25, 0.3) is 0 Å². The summed E-state index contributed by atoms with van der Waals surface area (Å²) < 4.78 is 0. The van der Waals surface area contributed by atoms with Gasteiger partial charge in [-0.1, -0.05) is 18.6 Å². The molecule has 0 radical (unpaired) electrons. The molecule has 0 spiro atoms. The molecule has 4 rings (SSSR count). The molecule has 4 fully saturated rings. The van der Waals surface area contributed by atoms with Crippen LogP contribution in [0.2, 0.25) is 0 Å². The van der Waals surface area contributed by atoms with E-state index in [1.54, 1.807) is 5.57 Å². The maximum atomic E-state index is 11.8. The van der Waals surface area contributed by atoms with Crippen LogP contribution in [-0.4, -0.2) is 5.78 Å². The molecule has 0 saturated heterocycles. The molecule has 0 N–H and O–H groups in total. The summed E-state index contributed by atoms with van der Waals surface area (Å²) in [7, 11) is 0. The predicted octanol–water partition coefficient (Wildman–Crippen LogP) is 5.15. The number of fused-ring (bicyclic) bond motifs is 5. The minimum Gasteiger partial charge on any atom is -0.300 e. The molecule has 0 aromatic heterocycles. The third-order valence-electron chi connectivity index (χ3n) is 7.96. The fourth-order valence-corrected chi connectivity index (χ4v) is 6.98. The van der Waals surface area contributed by atoms with Gasteiger partial charge in [-0.2, -0.15) is 0 Å². The molecule has 1 heteroatoms. The number of hydrogen-bond donors (Lipinski definition) is 0. The lowest BCUT2D eigenvalue weighted by molar-refractivity contribution is -0.126. The number of carbonyl (C=O) groups excluding carboxylic acids is 1. The summed E-state index contributed by atoms with van der Waals surface area (Å²) in [5.74, 6) is 5.05. The Morgan fingerprint density at radius 3 is 2.67 bits per heavy atom. The first-order chi connectivity index (χ1) is 10.1. The summed E-state index contributed by atoms with van der Waals surface area (Å²) in [5.41, 5.74) is 2.28. The summed E-state index contributed by atoms with van der Waals surface area (Å²) in [6, 6.07) is 0. The van der Waals surface area contributed by atoms with Crippen LogP contribution in [0.25, 0.3) is 0 Å². The van der Waals surface area contributed by atoms with Crippen molar-refractivity contribution < 1.29 is 4.79 Å². The molecule has 0 unspecified atom stereocenters. The second-order valence-corrected chi connectivity index (χ2v) is 8.53. The number of carbonyl (C=O) groups is 1. The van der Waals surface area contributed by atoms with Crippen LogP contribution in [-0.2, 0) is 4.79 Å². The molecular formula is C20H30O. The normalized spacial score (nSPS) is 51.4. The molecule has 0 bridgehead atoms. The average molecular weight is 286 g/mol. The first-order valence-corrected chi connectivity index (χ1v) is 9.31. The zero-order chi connectivity index (χ0) is 14.6. The van der Waals surface area contributed by atoms with Crippen LogP contribution in [0, 0.1) is 35.0 Å². The SMILES string of the molecule is C/C=C1/CC[C@H]2[C@@H]3CC[C@H]4CC(=O)CC[C@@H]4[C@H]3CC[C@]12C. The van der Waals surface area contributed by atoms with Gasteiger partial charge in [-0.3, -0.25) is 4.79 Å². The fourth-order valence-electron chi connectivity index (χ4n) is 6.98. The first kappa shape index (κ1) is 14.0. The molecule has 0 aliphatic heterocycles. The van der Waals surface area contributed by atoms with Crippen molar-refractivity contribution in [3.8, 4) is 0 Å². The number of rotatable bonds is 0. The Kier molecular flexibility index (Phi) is 3.32. The van der Waals surface area contributed by atoms with E-state index in [1.165, 1.54) is 44.9 Å². The van der Waals surface area contributed by atoms with E-state index < -0.39 is 0 Å². The fraction of sp³-hybridized carbons (Fsp3) is 0.850. The van der Waals surface area contributed by atoms with Crippen molar-refractivity contribution in [2.45, 2.75) is 71.6 Å². The van der Waals surface area contributed by atoms with E-state index in [2.05, 4.69) is 19.9 Å². The Bertz CT molecular complexity index is 476. The topological polar surface area (TPSA) is 17.1 Å². The van der Waals surface area contributed by atoms with E-state index in [0.717, 1.165) is 42.4 Å². The van der Waals surface area contributed by atoms with Gasteiger partial charge in [0.15, 0.2) is 0 Å². The van der Waals surface area contributed by atoms with Gasteiger partial charge in [-0.25, -0.2) is 0 Å². The summed E-state index contributed by atoms with van der Waals surface area (Å²) in [6.07, 6.45) is 13.8. The Labute approximate surface area is 129 Å². The first-order valence-electron chi connectivity index (χ1n) is 9.31. The average Bonchev–Trinajstić information content (AvgIpc) is 2.83. The van der Waals surface area contributed by atoms with Crippen molar-refractivity contribution in [2.24, 2.45) is 35.0 Å². The van der Waals surface area contributed by atoms with Crippen LogP contribution < -0.4 is 0 Å². The summed E-state index contributed by atoms with van der Waals surface area (Å²) >= 11 is 0. The second kappa shape index (κ2) is 4.96. The molecule has 4 aliphatic rings. The predicted molar refractivity (Wildman–Crippen MR) is 85.9 cm³/mol. The summed E-state index contributed by atoms with van der Waals surface area (Å²) in [4.78, 5) is 11.8. The molecule has 0 amide bonds. The van der Waals surface area contributed by atoms with Gasteiger partial charge in [0.2, 0.25) is 0 Å². The summed E-state index contributed by atoms with van der Waals surface area (Å²) in [5, 5.41) is 0. The lowest BCUT2D eigenvalue weighted by atomic mass is 9.50. The number of allylic oxidation sites excluding steroid dienone is 2. The van der Waals surface area contributed by atoms with E-state index in [9.17, 15) is 4.79 Å². The standard InChI is InChI=1S/C20H30O/c1-3-14-5-9-19-18-7-4-13-12-15(21)6-8-16(13)17(18)10-11-20(14,19)2/h3,13,16-19H,4-12H2,1-2H3/b14-3-/t13-,16-,17+,18+,19-,20+/m0/s1. The van der Waals surface area contributed by atoms with Crippen LogP contribution >= 0.6 is 0 Å². The van der Waals surface area contributed by atoms with Gasteiger partial charge in [-0.15, -0.1) is 0 Å². The highest BCUT2D eigenvalue weighted by Crippen LogP contribution is 2.63. The van der Waals surface area contributed by atoms with E-state index in [0.29, 0.717) is 11.2 Å². The Morgan fingerprint density at radius 1 is 1.00 bits per heavy atom. The molecule has 4 saturated carbocycles. The van der Waals surface area contributed by atoms with Crippen molar-refractivity contribution in [1.29, 1.82) is 0 Å². The van der Waals surface area contributed by atoms with E-state index in [1.807, 2.05) is 0 Å². The molecule has 0 aromatic rings. The molecule has 0 heterocycles. The molecule has 1 nitrogen and oxygen atoms in total. The number of ketones is 1. The molecule has 4 aliphatic carbocycles. The van der Waals surface area contributed by atoms with E-state index >= 15 is 0 Å². The van der Waals surface area contributed by atoms with Gasteiger partial charge in [0, 0.05) is 12.8 Å². The Balaban J connectivity index is 1.59. The van der Waals surface area contributed by atoms with Gasteiger partial charge in [0.05, 0.1) is 0 Å². The van der Waals surface area contributed by atoms with Gasteiger partial charge in [0.1, 0.15) is 5.78 Å². The lowest BCUT2D eigenvalue weighted by Crippen LogP contribution is -2.47. The highest BCUT2D eigenvalue weighted by atomic mass is 16.1. The smallest absolute Gasteiger partial charge is 0.133 e. The molecule has 116 valence electrons. The Hall–Kier alpha value is -0.590. The molecule has 6 atom stereocenters. The highest BCUT2D eigenvalue weighted by Gasteiger charge is 2.54. The second-order valence-electron chi connectivity index (χ2n) is 8.53. The van der Waals surface area contributed by atoms with Crippen molar-refractivity contribution in [2.75, 3.05) is 0 Å². The van der Waals surface area contributed by atoms with Gasteiger partial charge in [-0.05, 0) is 86.9 Å². The Morgan fingerprint density at radius 2 is 1.86 bits per heavy atom. The monoisotopic (exact) mass is 286 g/mol. The van der Waals surface area contributed by atoms with Crippen LogP contribution in [0.5, 0.6) is 0 Å². The van der Waals surface area contributed by atoms with Crippen LogP contribution in [0.1, 0.15) is 71.6 Å². The quantitative estimate of drug-likeness (QED) is 0.562. The van der Waals surface area contributed by atoms with Crippen molar-refractivity contribution in [3.05, 3.63) is 11.6 Å². The van der Waals surface area contributed by atoms with Crippen LogP contribution in [0.3, 0.4) is 0 Å². The van der Waals surface area contributed by atoms with E-state index in [4.69, 9.17) is 0 Å². The van der Waals surface area contributed by atoms with Gasteiger partial charge < -0.3 is 0 Å². The maximum Gasteiger partial charge on any atom is 0.133 e. The van der Waals surface area contributed by atoms with Crippen molar-refractivity contribution in [3.63, 3.8) is 0 Å².